The van der Waals surface area contributed by atoms with Gasteiger partial charge in [-0.15, -0.1) is 10.2 Å². The molecule has 0 saturated carbocycles. The third-order valence-electron chi connectivity index (χ3n) is 3.90. The number of aromatic nitrogens is 3. The highest BCUT2D eigenvalue weighted by Crippen LogP contribution is 2.37. The monoisotopic (exact) mass is 377 g/mol. The first kappa shape index (κ1) is 18.6. The molecule has 1 unspecified atom stereocenters. The molecule has 0 spiro atoms. The van der Waals surface area contributed by atoms with Gasteiger partial charge in [0.25, 0.3) is 0 Å². The van der Waals surface area contributed by atoms with E-state index in [1.54, 1.807) is 12.1 Å². The quantitative estimate of drug-likeness (QED) is 0.721. The second-order valence-electron chi connectivity index (χ2n) is 5.89. The van der Waals surface area contributed by atoms with Gasteiger partial charge in [0.2, 0.25) is 11.8 Å². The molecule has 0 bridgehead atoms. The van der Waals surface area contributed by atoms with Gasteiger partial charge < -0.3 is 9.52 Å². The van der Waals surface area contributed by atoms with Crippen LogP contribution in [-0.4, -0.2) is 26.3 Å². The van der Waals surface area contributed by atoms with E-state index in [1.165, 1.54) is 25.4 Å². The molecule has 27 heavy (non-hydrogen) atoms. The highest BCUT2D eigenvalue weighted by atomic mass is 19.4. The molecule has 0 aliphatic heterocycles. The summed E-state index contributed by atoms with van der Waals surface area (Å²) in [5, 5.41) is 16.7. The molecule has 0 aliphatic carbocycles. The molecule has 0 aliphatic rings. The largest absolute Gasteiger partial charge is 0.481 e. The summed E-state index contributed by atoms with van der Waals surface area (Å²) in [6.07, 6.45) is -2.16. The van der Waals surface area contributed by atoms with Crippen LogP contribution in [0.25, 0.3) is 11.1 Å². The van der Waals surface area contributed by atoms with Crippen molar-refractivity contribution in [1.82, 2.24) is 15.2 Å². The second-order valence-corrected chi connectivity index (χ2v) is 5.89. The number of alkyl halides is 3. The Labute approximate surface area is 151 Å². The van der Waals surface area contributed by atoms with E-state index >= 15 is 0 Å². The number of carboxylic acids is 1. The third-order valence-corrected chi connectivity index (χ3v) is 3.90. The zero-order chi connectivity index (χ0) is 19.6. The number of halogens is 3. The molecule has 0 fully saturated rings. The summed E-state index contributed by atoms with van der Waals surface area (Å²) in [4.78, 5) is 15.2. The molecule has 1 N–H and O–H groups in total. The fraction of sp³-hybridized carbons (Fsp3) is 0.222. The van der Waals surface area contributed by atoms with Gasteiger partial charge in [-0.25, -0.2) is 0 Å². The van der Waals surface area contributed by atoms with Crippen molar-refractivity contribution < 1.29 is 27.5 Å². The van der Waals surface area contributed by atoms with Gasteiger partial charge in [0.05, 0.1) is 17.9 Å². The number of hydrogen-bond acceptors (Lipinski definition) is 5. The number of rotatable bonds is 5. The standard InChI is InChI=1S/C18H14F3N3O3/c1-10-23-24-17(27-10)15(8-16(25)26)13-5-12(11-3-2-4-22-9-11)6-14(7-13)18(19,20)21/h2-7,9,15H,8H2,1H3,(H,25,26). The second kappa shape index (κ2) is 7.18. The van der Waals surface area contributed by atoms with Crippen LogP contribution in [0.4, 0.5) is 13.2 Å². The van der Waals surface area contributed by atoms with Crippen molar-refractivity contribution in [1.29, 1.82) is 0 Å². The molecule has 6 nitrogen and oxygen atoms in total. The Bertz CT molecular complexity index is 955. The molecule has 3 rings (SSSR count). The molecule has 1 atom stereocenters. The van der Waals surface area contributed by atoms with Crippen LogP contribution in [0.15, 0.2) is 47.1 Å². The lowest BCUT2D eigenvalue weighted by molar-refractivity contribution is -0.138. The molecular weight excluding hydrogens is 363 g/mol. The number of benzene rings is 1. The normalized spacial score (nSPS) is 12.7. The Kier molecular flexibility index (Phi) is 4.93. The lowest BCUT2D eigenvalue weighted by Gasteiger charge is -2.16. The topological polar surface area (TPSA) is 89.1 Å². The summed E-state index contributed by atoms with van der Waals surface area (Å²) >= 11 is 0. The van der Waals surface area contributed by atoms with Crippen LogP contribution in [0, 0.1) is 6.92 Å². The zero-order valence-electron chi connectivity index (χ0n) is 14.1. The average molecular weight is 377 g/mol. The third kappa shape index (κ3) is 4.30. The van der Waals surface area contributed by atoms with Crippen molar-refractivity contribution in [2.45, 2.75) is 25.4 Å². The maximum absolute atomic E-state index is 13.4. The minimum Gasteiger partial charge on any atom is -0.481 e. The number of pyridine rings is 1. The molecule has 0 radical (unpaired) electrons. The number of aryl methyl sites for hydroxylation is 1. The Balaban J connectivity index is 2.18. The Morgan fingerprint density at radius 2 is 2.00 bits per heavy atom. The van der Waals surface area contributed by atoms with E-state index < -0.39 is 30.0 Å². The fourth-order valence-corrected chi connectivity index (χ4v) is 2.69. The summed E-state index contributed by atoms with van der Waals surface area (Å²) in [6.45, 7) is 1.52. The van der Waals surface area contributed by atoms with Crippen LogP contribution in [0.2, 0.25) is 0 Å². The Morgan fingerprint density at radius 1 is 1.22 bits per heavy atom. The molecule has 1 aromatic carbocycles. The molecule has 0 amide bonds. The van der Waals surface area contributed by atoms with E-state index in [4.69, 9.17) is 4.42 Å². The van der Waals surface area contributed by atoms with Gasteiger partial charge in [0.1, 0.15) is 0 Å². The molecule has 140 valence electrons. The van der Waals surface area contributed by atoms with E-state index in [0.717, 1.165) is 12.1 Å². The summed E-state index contributed by atoms with van der Waals surface area (Å²) < 4.78 is 45.5. The Hall–Kier alpha value is -3.23. The maximum Gasteiger partial charge on any atom is 0.416 e. The first-order valence-corrected chi connectivity index (χ1v) is 7.88. The van der Waals surface area contributed by atoms with Crippen LogP contribution in [0.3, 0.4) is 0 Å². The summed E-state index contributed by atoms with van der Waals surface area (Å²) in [5.41, 5.74) is -0.0413. The first-order valence-electron chi connectivity index (χ1n) is 7.88. The van der Waals surface area contributed by atoms with E-state index in [-0.39, 0.29) is 22.9 Å². The van der Waals surface area contributed by atoms with Gasteiger partial charge in [0.15, 0.2) is 0 Å². The van der Waals surface area contributed by atoms with Crippen LogP contribution in [0.1, 0.15) is 35.2 Å². The molecule has 9 heteroatoms. The van der Waals surface area contributed by atoms with Gasteiger partial charge >= 0.3 is 12.1 Å². The van der Waals surface area contributed by atoms with Crippen molar-refractivity contribution in [3.05, 3.63) is 65.6 Å². The van der Waals surface area contributed by atoms with Crippen molar-refractivity contribution >= 4 is 5.97 Å². The number of hydrogen-bond donors (Lipinski definition) is 1. The lowest BCUT2D eigenvalue weighted by Crippen LogP contribution is -2.12. The van der Waals surface area contributed by atoms with Crippen molar-refractivity contribution in [2.75, 3.05) is 0 Å². The minimum atomic E-state index is -4.61. The van der Waals surface area contributed by atoms with Gasteiger partial charge in [-0.1, -0.05) is 12.1 Å². The van der Waals surface area contributed by atoms with E-state index in [2.05, 4.69) is 15.2 Å². The molecule has 2 aromatic heterocycles. The SMILES string of the molecule is Cc1nnc(C(CC(=O)O)c2cc(-c3cccnc3)cc(C(F)(F)F)c2)o1. The molecular formula is C18H14F3N3O3. The van der Waals surface area contributed by atoms with Gasteiger partial charge in [-0.3, -0.25) is 9.78 Å². The van der Waals surface area contributed by atoms with Crippen LogP contribution >= 0.6 is 0 Å². The first-order chi connectivity index (χ1) is 12.7. The van der Waals surface area contributed by atoms with Crippen molar-refractivity contribution in [3.8, 4) is 11.1 Å². The maximum atomic E-state index is 13.4. The van der Waals surface area contributed by atoms with Gasteiger partial charge in [0, 0.05) is 24.9 Å². The minimum absolute atomic E-state index is 0.0497. The predicted molar refractivity (Wildman–Crippen MR) is 87.8 cm³/mol. The summed E-state index contributed by atoms with van der Waals surface area (Å²) in [5.74, 6) is -2.07. The van der Waals surface area contributed by atoms with E-state index in [9.17, 15) is 23.1 Å². The number of carboxylic acid groups (broad SMARTS) is 1. The van der Waals surface area contributed by atoms with E-state index in [1.807, 2.05) is 0 Å². The van der Waals surface area contributed by atoms with Crippen LogP contribution < -0.4 is 0 Å². The highest BCUT2D eigenvalue weighted by Gasteiger charge is 2.33. The number of nitrogens with zero attached hydrogens (tertiary/aromatic N) is 3. The fourth-order valence-electron chi connectivity index (χ4n) is 2.69. The highest BCUT2D eigenvalue weighted by molar-refractivity contribution is 5.70. The number of carbonyl (C=O) groups is 1. The molecule has 2 heterocycles. The molecule has 3 aromatic rings. The average Bonchev–Trinajstić information content (AvgIpc) is 3.05. The van der Waals surface area contributed by atoms with E-state index in [0.29, 0.717) is 5.56 Å². The zero-order valence-corrected chi connectivity index (χ0v) is 14.1. The Morgan fingerprint density at radius 3 is 2.56 bits per heavy atom. The van der Waals surface area contributed by atoms with Crippen LogP contribution in [0.5, 0.6) is 0 Å². The number of aliphatic carboxylic acids is 1. The molecule has 0 saturated heterocycles. The summed E-state index contributed by atoms with van der Waals surface area (Å²) in [6, 6.07) is 6.62. The van der Waals surface area contributed by atoms with Gasteiger partial charge in [-0.05, 0) is 29.3 Å². The summed E-state index contributed by atoms with van der Waals surface area (Å²) in [7, 11) is 0. The van der Waals surface area contributed by atoms with Crippen molar-refractivity contribution in [3.63, 3.8) is 0 Å². The van der Waals surface area contributed by atoms with Gasteiger partial charge in [-0.2, -0.15) is 13.2 Å². The van der Waals surface area contributed by atoms with Crippen molar-refractivity contribution in [2.24, 2.45) is 0 Å². The smallest absolute Gasteiger partial charge is 0.416 e. The lowest BCUT2D eigenvalue weighted by atomic mass is 9.90. The predicted octanol–water partition coefficient (Wildman–Crippen LogP) is 4.07. The van der Waals surface area contributed by atoms with Crippen LogP contribution in [-0.2, 0) is 11.0 Å².